The van der Waals surface area contributed by atoms with Crippen molar-refractivity contribution in [2.45, 2.75) is 26.3 Å². The Labute approximate surface area is 106 Å². The van der Waals surface area contributed by atoms with Gasteiger partial charge in [-0.15, -0.1) is 11.3 Å². The summed E-state index contributed by atoms with van der Waals surface area (Å²) in [7, 11) is 1.97. The first-order valence-corrected chi connectivity index (χ1v) is 6.79. The fourth-order valence-corrected chi connectivity index (χ4v) is 2.71. The molecule has 4 nitrogen and oxygen atoms in total. The number of hydrogen-bond acceptors (Lipinski definition) is 4. The van der Waals surface area contributed by atoms with Crippen molar-refractivity contribution < 1.29 is 0 Å². The molecular weight excluding hydrogens is 232 g/mol. The number of aromatic nitrogens is 3. The van der Waals surface area contributed by atoms with E-state index < -0.39 is 0 Å². The molecule has 0 bridgehead atoms. The van der Waals surface area contributed by atoms with Gasteiger partial charge in [-0.25, -0.2) is 4.98 Å². The van der Waals surface area contributed by atoms with E-state index in [4.69, 9.17) is 0 Å². The largest absolute Gasteiger partial charge is 0.304 e. The molecule has 0 aliphatic carbocycles. The maximum atomic E-state index is 4.50. The molecule has 0 aliphatic heterocycles. The van der Waals surface area contributed by atoms with Gasteiger partial charge in [-0.2, -0.15) is 5.10 Å². The third kappa shape index (κ3) is 2.56. The van der Waals surface area contributed by atoms with Crippen molar-refractivity contribution in [2.75, 3.05) is 6.54 Å². The Kier molecular flexibility index (Phi) is 3.91. The first-order valence-electron chi connectivity index (χ1n) is 5.91. The summed E-state index contributed by atoms with van der Waals surface area (Å²) in [4.78, 5) is 4.42. The fraction of sp³-hybridized carbons (Fsp3) is 0.500. The summed E-state index contributed by atoms with van der Waals surface area (Å²) in [6.07, 6.45) is 4.89. The summed E-state index contributed by atoms with van der Waals surface area (Å²) in [5.41, 5.74) is 2.39. The zero-order valence-electron chi connectivity index (χ0n) is 10.5. The molecule has 5 heteroatoms. The van der Waals surface area contributed by atoms with Crippen LogP contribution in [0.1, 0.15) is 36.2 Å². The number of nitrogens with zero attached hydrogens (tertiary/aromatic N) is 3. The van der Waals surface area contributed by atoms with Gasteiger partial charge in [0.2, 0.25) is 0 Å². The molecule has 1 atom stereocenters. The van der Waals surface area contributed by atoms with Crippen LogP contribution < -0.4 is 5.32 Å². The Morgan fingerprint density at radius 2 is 2.29 bits per heavy atom. The minimum Gasteiger partial charge on any atom is -0.304 e. The Hall–Kier alpha value is -1.20. The SMILES string of the molecule is CCNC(c1nccs1)c1cn(C)nc1CC. The van der Waals surface area contributed by atoms with E-state index in [1.165, 1.54) is 5.56 Å². The molecule has 2 rings (SSSR count). The Morgan fingerprint density at radius 3 is 2.88 bits per heavy atom. The van der Waals surface area contributed by atoms with Gasteiger partial charge in [-0.1, -0.05) is 13.8 Å². The maximum Gasteiger partial charge on any atom is 0.114 e. The highest BCUT2D eigenvalue weighted by Crippen LogP contribution is 2.26. The van der Waals surface area contributed by atoms with Crippen LogP contribution in [0.25, 0.3) is 0 Å². The molecule has 0 aliphatic rings. The molecule has 0 amide bonds. The van der Waals surface area contributed by atoms with Gasteiger partial charge in [0.1, 0.15) is 5.01 Å². The second kappa shape index (κ2) is 5.42. The van der Waals surface area contributed by atoms with E-state index in [0.717, 1.165) is 23.7 Å². The predicted octanol–water partition coefficient (Wildman–Crippen LogP) is 2.14. The lowest BCUT2D eigenvalue weighted by Crippen LogP contribution is -2.22. The number of hydrogen-bond donors (Lipinski definition) is 1. The van der Waals surface area contributed by atoms with Gasteiger partial charge in [0.25, 0.3) is 0 Å². The second-order valence-electron chi connectivity index (χ2n) is 3.92. The van der Waals surface area contributed by atoms with Crippen LogP contribution in [0.15, 0.2) is 17.8 Å². The summed E-state index contributed by atoms with van der Waals surface area (Å²) in [5, 5.41) is 11.1. The van der Waals surface area contributed by atoms with Crippen LogP contribution in [0.5, 0.6) is 0 Å². The molecule has 1 N–H and O–H groups in total. The molecule has 0 aromatic carbocycles. The van der Waals surface area contributed by atoms with Crippen molar-refractivity contribution in [3.05, 3.63) is 34.0 Å². The first kappa shape index (κ1) is 12.3. The van der Waals surface area contributed by atoms with Crippen molar-refractivity contribution in [3.63, 3.8) is 0 Å². The van der Waals surface area contributed by atoms with Crippen LogP contribution in [-0.2, 0) is 13.5 Å². The highest BCUT2D eigenvalue weighted by atomic mass is 32.1. The first-order chi connectivity index (χ1) is 8.26. The van der Waals surface area contributed by atoms with Crippen LogP contribution in [0.2, 0.25) is 0 Å². The monoisotopic (exact) mass is 250 g/mol. The smallest absolute Gasteiger partial charge is 0.114 e. The summed E-state index contributed by atoms with van der Waals surface area (Å²) >= 11 is 1.68. The molecule has 2 aromatic rings. The molecule has 0 radical (unpaired) electrons. The van der Waals surface area contributed by atoms with E-state index >= 15 is 0 Å². The van der Waals surface area contributed by atoms with Crippen molar-refractivity contribution in [3.8, 4) is 0 Å². The predicted molar refractivity (Wildman–Crippen MR) is 70.2 cm³/mol. The van der Waals surface area contributed by atoms with Gasteiger partial charge >= 0.3 is 0 Å². The highest BCUT2D eigenvalue weighted by Gasteiger charge is 2.20. The fourth-order valence-electron chi connectivity index (χ4n) is 1.98. The topological polar surface area (TPSA) is 42.7 Å². The highest BCUT2D eigenvalue weighted by molar-refractivity contribution is 7.09. The quantitative estimate of drug-likeness (QED) is 0.884. The van der Waals surface area contributed by atoms with E-state index in [0.29, 0.717) is 0 Å². The minimum absolute atomic E-state index is 0.170. The molecule has 0 saturated heterocycles. The van der Waals surface area contributed by atoms with E-state index in [2.05, 4.69) is 35.4 Å². The van der Waals surface area contributed by atoms with Crippen LogP contribution in [0.3, 0.4) is 0 Å². The average Bonchev–Trinajstić information content (AvgIpc) is 2.94. The Morgan fingerprint density at radius 1 is 1.47 bits per heavy atom. The Bertz CT molecular complexity index is 461. The number of rotatable bonds is 5. The van der Waals surface area contributed by atoms with Crippen LogP contribution in [0, 0.1) is 0 Å². The summed E-state index contributed by atoms with van der Waals surface area (Å²) in [6.45, 7) is 5.17. The lowest BCUT2D eigenvalue weighted by Gasteiger charge is -2.14. The van der Waals surface area contributed by atoms with Gasteiger partial charge < -0.3 is 5.32 Å². The molecule has 1 unspecified atom stereocenters. The van der Waals surface area contributed by atoms with E-state index in [9.17, 15) is 0 Å². The zero-order valence-corrected chi connectivity index (χ0v) is 11.3. The average molecular weight is 250 g/mol. The van der Waals surface area contributed by atoms with Crippen molar-refractivity contribution in [1.29, 1.82) is 0 Å². The maximum absolute atomic E-state index is 4.50. The molecule has 2 heterocycles. The van der Waals surface area contributed by atoms with Gasteiger partial charge in [0.05, 0.1) is 11.7 Å². The van der Waals surface area contributed by atoms with E-state index in [1.54, 1.807) is 11.3 Å². The van der Waals surface area contributed by atoms with Crippen LogP contribution in [0.4, 0.5) is 0 Å². The molecule has 0 spiro atoms. The van der Waals surface area contributed by atoms with E-state index in [-0.39, 0.29) is 6.04 Å². The summed E-state index contributed by atoms with van der Waals surface area (Å²) < 4.78 is 1.88. The lowest BCUT2D eigenvalue weighted by molar-refractivity contribution is 0.622. The lowest BCUT2D eigenvalue weighted by atomic mass is 10.1. The Balaban J connectivity index is 2.38. The van der Waals surface area contributed by atoms with Crippen molar-refractivity contribution >= 4 is 11.3 Å². The molecule has 17 heavy (non-hydrogen) atoms. The molecule has 0 saturated carbocycles. The van der Waals surface area contributed by atoms with Crippen LogP contribution in [-0.4, -0.2) is 21.3 Å². The second-order valence-corrected chi connectivity index (χ2v) is 4.85. The zero-order chi connectivity index (χ0) is 12.3. The van der Waals surface area contributed by atoms with Gasteiger partial charge in [0, 0.05) is 30.4 Å². The van der Waals surface area contributed by atoms with Gasteiger partial charge in [-0.05, 0) is 13.0 Å². The number of aryl methyl sites for hydroxylation is 2. The molecule has 0 fully saturated rings. The van der Waals surface area contributed by atoms with Gasteiger partial charge in [-0.3, -0.25) is 4.68 Å². The minimum atomic E-state index is 0.170. The standard InChI is InChI=1S/C12H18N4S/c1-4-10-9(8-16(3)15-10)11(13-5-2)12-14-6-7-17-12/h6-8,11,13H,4-5H2,1-3H3. The number of thiazole rings is 1. The van der Waals surface area contributed by atoms with Crippen molar-refractivity contribution in [2.24, 2.45) is 7.05 Å². The van der Waals surface area contributed by atoms with E-state index in [1.807, 2.05) is 23.3 Å². The third-order valence-electron chi connectivity index (χ3n) is 2.69. The number of nitrogens with one attached hydrogen (secondary N) is 1. The normalized spacial score (nSPS) is 12.9. The van der Waals surface area contributed by atoms with Crippen molar-refractivity contribution in [1.82, 2.24) is 20.1 Å². The molecule has 92 valence electrons. The van der Waals surface area contributed by atoms with Gasteiger partial charge in [0.15, 0.2) is 0 Å². The molecular formula is C12H18N4S. The van der Waals surface area contributed by atoms with Crippen LogP contribution >= 0.6 is 11.3 Å². The third-order valence-corrected chi connectivity index (χ3v) is 3.53. The summed E-state index contributed by atoms with van der Waals surface area (Å²) in [5.74, 6) is 0. The molecule has 2 aromatic heterocycles. The summed E-state index contributed by atoms with van der Waals surface area (Å²) in [6, 6.07) is 0.170.